The number of nitrogens with one attached hydrogen (secondary N) is 1. The van der Waals surface area contributed by atoms with Crippen LogP contribution in [0.1, 0.15) is 30.1 Å². The Morgan fingerprint density at radius 2 is 2.17 bits per heavy atom. The lowest BCUT2D eigenvalue weighted by atomic mass is 10.0. The fourth-order valence-electron chi connectivity index (χ4n) is 2.85. The summed E-state index contributed by atoms with van der Waals surface area (Å²) in [5.74, 6) is 0.420. The maximum absolute atomic E-state index is 12.4. The van der Waals surface area contributed by atoms with Crippen LogP contribution in [0.4, 0.5) is 0 Å². The van der Waals surface area contributed by atoms with Crippen LogP contribution in [0.5, 0.6) is 0 Å². The van der Waals surface area contributed by atoms with Crippen molar-refractivity contribution < 1.29 is 4.79 Å². The van der Waals surface area contributed by atoms with Gasteiger partial charge in [-0.2, -0.15) is 0 Å². The zero-order valence-electron chi connectivity index (χ0n) is 12.9. The first-order chi connectivity index (χ1) is 11.7. The van der Waals surface area contributed by atoms with Crippen LogP contribution in [0.2, 0.25) is 5.15 Å². The summed E-state index contributed by atoms with van der Waals surface area (Å²) in [6.45, 7) is 0. The van der Waals surface area contributed by atoms with E-state index in [-0.39, 0.29) is 11.9 Å². The Balaban J connectivity index is 1.51. The van der Waals surface area contributed by atoms with E-state index in [2.05, 4.69) is 22.4 Å². The summed E-state index contributed by atoms with van der Waals surface area (Å²) in [5, 5.41) is 5.47. The van der Waals surface area contributed by atoms with Crippen LogP contribution in [0.25, 0.3) is 11.0 Å². The van der Waals surface area contributed by atoms with Gasteiger partial charge < -0.3 is 5.32 Å². The number of benzene rings is 1. The molecule has 4 nitrogen and oxygen atoms in total. The van der Waals surface area contributed by atoms with Crippen LogP contribution in [-0.2, 0) is 4.79 Å². The minimum absolute atomic E-state index is 0.0745. The van der Waals surface area contributed by atoms with Gasteiger partial charge in [0.05, 0.1) is 11.7 Å². The second-order valence-corrected chi connectivity index (χ2v) is 7.14. The third-order valence-corrected chi connectivity index (χ3v) is 5.23. The highest BCUT2D eigenvalue weighted by Crippen LogP contribution is 2.40. The Morgan fingerprint density at radius 3 is 2.92 bits per heavy atom. The van der Waals surface area contributed by atoms with Crippen molar-refractivity contribution in [1.29, 1.82) is 0 Å². The van der Waals surface area contributed by atoms with Crippen LogP contribution < -0.4 is 5.32 Å². The quantitative estimate of drug-likeness (QED) is 0.691. The van der Waals surface area contributed by atoms with Crippen LogP contribution in [0.15, 0.2) is 48.0 Å². The average molecular weight is 358 g/mol. The monoisotopic (exact) mass is 357 g/mol. The molecule has 0 radical (unpaired) electrons. The highest BCUT2D eigenvalue weighted by atomic mass is 35.5. The van der Waals surface area contributed by atoms with Crippen LogP contribution in [0.3, 0.4) is 0 Å². The van der Waals surface area contributed by atoms with Gasteiger partial charge in [0.2, 0.25) is 5.91 Å². The zero-order valence-corrected chi connectivity index (χ0v) is 14.4. The van der Waals surface area contributed by atoms with Crippen LogP contribution >= 0.6 is 22.9 Å². The number of halogens is 1. The number of nitrogens with zero attached hydrogens (tertiary/aromatic N) is 2. The molecule has 24 heavy (non-hydrogen) atoms. The summed E-state index contributed by atoms with van der Waals surface area (Å²) < 4.78 is 1.88. The lowest BCUT2D eigenvalue weighted by Gasteiger charge is -2.17. The van der Waals surface area contributed by atoms with Gasteiger partial charge in [0.1, 0.15) is 0 Å². The Bertz CT molecular complexity index is 896. The van der Waals surface area contributed by atoms with E-state index in [0.717, 1.165) is 29.1 Å². The second kappa shape index (κ2) is 6.42. The van der Waals surface area contributed by atoms with Crippen LogP contribution in [0, 0.1) is 5.92 Å². The minimum Gasteiger partial charge on any atom is -0.345 e. The normalized spacial score (nSPS) is 15.9. The van der Waals surface area contributed by atoms with E-state index in [4.69, 9.17) is 11.6 Å². The molecule has 122 valence electrons. The van der Waals surface area contributed by atoms with Gasteiger partial charge in [-0.3, -0.25) is 9.20 Å². The summed E-state index contributed by atoms with van der Waals surface area (Å²) in [6, 6.07) is 10.2. The zero-order chi connectivity index (χ0) is 16.5. The largest absolute Gasteiger partial charge is 0.345 e. The first kappa shape index (κ1) is 15.4. The first-order valence-electron chi connectivity index (χ1n) is 7.87. The molecule has 3 aromatic rings. The number of amides is 1. The number of thiazole rings is 1. The van der Waals surface area contributed by atoms with Crippen LogP contribution in [-0.4, -0.2) is 15.3 Å². The van der Waals surface area contributed by atoms with Gasteiger partial charge in [-0.05, 0) is 30.4 Å². The number of hydrogen-bond acceptors (Lipinski definition) is 3. The minimum atomic E-state index is -0.114. The van der Waals surface area contributed by atoms with E-state index in [0.29, 0.717) is 11.1 Å². The van der Waals surface area contributed by atoms with Crippen molar-refractivity contribution >= 4 is 39.9 Å². The van der Waals surface area contributed by atoms with Crippen molar-refractivity contribution in [1.82, 2.24) is 14.7 Å². The molecule has 1 saturated carbocycles. The molecular formula is C18H16ClN3OS. The number of hydrogen-bond donors (Lipinski definition) is 1. The van der Waals surface area contributed by atoms with Crippen molar-refractivity contribution in [3.05, 3.63) is 64.4 Å². The van der Waals surface area contributed by atoms with Crippen molar-refractivity contribution in [2.45, 2.75) is 18.9 Å². The second-order valence-electron chi connectivity index (χ2n) is 5.91. The predicted molar refractivity (Wildman–Crippen MR) is 97.2 cm³/mol. The van der Waals surface area contributed by atoms with Gasteiger partial charge in [0, 0.05) is 17.7 Å². The molecule has 1 aromatic carbocycles. The molecule has 1 aliphatic carbocycles. The number of aromatic nitrogens is 2. The van der Waals surface area contributed by atoms with E-state index >= 15 is 0 Å². The lowest BCUT2D eigenvalue weighted by Crippen LogP contribution is -2.28. The molecule has 1 amide bonds. The highest BCUT2D eigenvalue weighted by Gasteiger charge is 2.32. The smallest absolute Gasteiger partial charge is 0.244 e. The molecule has 2 heterocycles. The Kier molecular flexibility index (Phi) is 4.12. The molecule has 1 atom stereocenters. The molecule has 0 aliphatic heterocycles. The molecule has 0 bridgehead atoms. The molecule has 1 fully saturated rings. The Morgan fingerprint density at radius 1 is 1.38 bits per heavy atom. The van der Waals surface area contributed by atoms with Gasteiger partial charge in [0.15, 0.2) is 10.1 Å². The van der Waals surface area contributed by atoms with Crippen molar-refractivity contribution in [2.75, 3.05) is 0 Å². The summed E-state index contributed by atoms with van der Waals surface area (Å²) in [5.41, 5.74) is 1.88. The van der Waals surface area contributed by atoms with Gasteiger partial charge >= 0.3 is 0 Å². The number of carbonyl (C=O) groups excluding carboxylic acids is 1. The maximum Gasteiger partial charge on any atom is 0.244 e. The third kappa shape index (κ3) is 3.09. The standard InChI is InChI=1S/C18H16ClN3OS/c19-17-14(22-10-11-24-18(22)21-17)8-9-15(23)20-16(13-6-7-13)12-4-2-1-3-5-12/h1-5,8-11,13,16H,6-7H2,(H,20,23)/b9-8+. The number of carbonyl (C=O) groups is 1. The first-order valence-corrected chi connectivity index (χ1v) is 9.13. The summed E-state index contributed by atoms with van der Waals surface area (Å²) in [4.78, 5) is 17.5. The predicted octanol–water partition coefficient (Wildman–Crippen LogP) is 4.33. The van der Waals surface area contributed by atoms with E-state index in [1.807, 2.05) is 34.2 Å². The number of imidazole rings is 1. The molecule has 6 heteroatoms. The molecule has 1 unspecified atom stereocenters. The summed E-state index contributed by atoms with van der Waals surface area (Å²) in [6.07, 6.45) is 7.47. The van der Waals surface area contributed by atoms with Crippen molar-refractivity contribution in [3.8, 4) is 0 Å². The van der Waals surface area contributed by atoms with Gasteiger partial charge in [-0.15, -0.1) is 11.3 Å². The van der Waals surface area contributed by atoms with E-state index in [9.17, 15) is 4.79 Å². The average Bonchev–Trinajstić information content (AvgIpc) is 3.26. The molecular weight excluding hydrogens is 342 g/mol. The van der Waals surface area contributed by atoms with Gasteiger partial charge in [-0.1, -0.05) is 41.9 Å². The van der Waals surface area contributed by atoms with Crippen molar-refractivity contribution in [2.24, 2.45) is 5.92 Å². The SMILES string of the molecule is O=C(/C=C/c1c(Cl)nc2sccn12)NC(c1ccccc1)C1CC1. The molecule has 2 aromatic heterocycles. The lowest BCUT2D eigenvalue weighted by molar-refractivity contribution is -0.117. The highest BCUT2D eigenvalue weighted by molar-refractivity contribution is 7.15. The van der Waals surface area contributed by atoms with Crippen molar-refractivity contribution in [3.63, 3.8) is 0 Å². The van der Waals surface area contributed by atoms with E-state index in [1.54, 1.807) is 6.08 Å². The topological polar surface area (TPSA) is 46.4 Å². The fourth-order valence-corrected chi connectivity index (χ4v) is 3.85. The van der Waals surface area contributed by atoms with Gasteiger partial charge in [-0.25, -0.2) is 4.98 Å². The Labute approximate surface area is 148 Å². The Hall–Kier alpha value is -2.11. The molecule has 1 aliphatic rings. The third-order valence-electron chi connectivity index (χ3n) is 4.20. The molecule has 1 N–H and O–H groups in total. The molecule has 4 rings (SSSR count). The number of fused-ring (bicyclic) bond motifs is 1. The summed E-state index contributed by atoms with van der Waals surface area (Å²) in [7, 11) is 0. The molecule has 0 saturated heterocycles. The number of rotatable bonds is 5. The van der Waals surface area contributed by atoms with Gasteiger partial charge in [0.25, 0.3) is 0 Å². The van der Waals surface area contributed by atoms with E-state index in [1.165, 1.54) is 17.4 Å². The van der Waals surface area contributed by atoms with E-state index < -0.39 is 0 Å². The summed E-state index contributed by atoms with van der Waals surface area (Å²) >= 11 is 7.66. The fraction of sp³-hybridized carbons (Fsp3) is 0.222. The maximum atomic E-state index is 12.4. The molecule has 0 spiro atoms.